The van der Waals surface area contributed by atoms with Crippen LogP contribution in [0.4, 0.5) is 23.3 Å². The Balaban J connectivity index is 1.55. The number of anilines is 4. The van der Waals surface area contributed by atoms with Gasteiger partial charge in [0, 0.05) is 19.3 Å². The first-order valence-corrected chi connectivity index (χ1v) is 9.78. The minimum absolute atomic E-state index is 0.522. The van der Waals surface area contributed by atoms with Crippen molar-refractivity contribution in [1.82, 2.24) is 9.97 Å². The van der Waals surface area contributed by atoms with Gasteiger partial charge in [0.2, 0.25) is 5.95 Å². The van der Waals surface area contributed by atoms with Gasteiger partial charge >= 0.3 is 0 Å². The number of ether oxygens (including phenoxy) is 1. The standard InChI is InChI=1S/C23H25N5O/c1-17-13-15-28(18-9-5-3-6-10-18)22-20(17)21(24-2)26-23(27-22)25-14-16-29-19-11-7-4-8-12-19/h3-12H,1,13-16H2,2H3,(H2,24,25,26,27). The number of fused-ring (bicyclic) bond motifs is 1. The molecule has 0 fully saturated rings. The van der Waals surface area contributed by atoms with E-state index in [0.29, 0.717) is 19.1 Å². The first kappa shape index (κ1) is 18.8. The first-order chi connectivity index (χ1) is 14.3. The molecular formula is C23H25N5O. The molecule has 148 valence electrons. The summed E-state index contributed by atoms with van der Waals surface area (Å²) in [6, 6.07) is 20.1. The molecule has 1 aliphatic heterocycles. The van der Waals surface area contributed by atoms with E-state index in [2.05, 4.69) is 39.2 Å². The molecule has 29 heavy (non-hydrogen) atoms. The van der Waals surface area contributed by atoms with Gasteiger partial charge in [0.1, 0.15) is 24.0 Å². The molecule has 0 atom stereocenters. The molecule has 1 aliphatic rings. The Hall–Kier alpha value is -3.54. The number of rotatable bonds is 7. The highest BCUT2D eigenvalue weighted by Crippen LogP contribution is 2.40. The van der Waals surface area contributed by atoms with Gasteiger partial charge in [0.15, 0.2) is 0 Å². The molecule has 0 amide bonds. The summed E-state index contributed by atoms with van der Waals surface area (Å²) < 4.78 is 5.75. The lowest BCUT2D eigenvalue weighted by molar-refractivity contribution is 0.332. The maximum absolute atomic E-state index is 5.75. The summed E-state index contributed by atoms with van der Waals surface area (Å²) in [5.41, 5.74) is 3.14. The molecule has 0 radical (unpaired) electrons. The summed E-state index contributed by atoms with van der Waals surface area (Å²) in [6.07, 6.45) is 0.873. The molecule has 0 bridgehead atoms. The predicted octanol–water partition coefficient (Wildman–Crippen LogP) is 4.56. The summed E-state index contributed by atoms with van der Waals surface area (Å²) in [5.74, 6) is 3.08. The maximum Gasteiger partial charge on any atom is 0.226 e. The SMILES string of the molecule is C=C1CCN(c2ccccc2)c2nc(NCCOc3ccccc3)nc(NC)c21. The van der Waals surface area contributed by atoms with E-state index in [0.717, 1.165) is 47.2 Å². The van der Waals surface area contributed by atoms with Crippen LogP contribution in [-0.2, 0) is 0 Å². The number of hydrogen-bond acceptors (Lipinski definition) is 6. The molecule has 0 saturated carbocycles. The second-order valence-corrected chi connectivity index (χ2v) is 6.77. The van der Waals surface area contributed by atoms with Gasteiger partial charge in [-0.2, -0.15) is 9.97 Å². The molecule has 6 heteroatoms. The lowest BCUT2D eigenvalue weighted by atomic mass is 10.00. The molecule has 2 aromatic carbocycles. The molecular weight excluding hydrogens is 362 g/mol. The van der Waals surface area contributed by atoms with Crippen LogP contribution in [0.3, 0.4) is 0 Å². The van der Waals surface area contributed by atoms with Crippen molar-refractivity contribution in [2.24, 2.45) is 0 Å². The van der Waals surface area contributed by atoms with Crippen molar-refractivity contribution in [3.05, 3.63) is 72.8 Å². The second kappa shape index (κ2) is 8.65. The molecule has 3 aromatic rings. The van der Waals surface area contributed by atoms with Gasteiger partial charge < -0.3 is 20.3 Å². The fraction of sp³-hybridized carbons (Fsp3) is 0.217. The van der Waals surface area contributed by atoms with Gasteiger partial charge in [0.25, 0.3) is 0 Å². The molecule has 0 saturated heterocycles. The topological polar surface area (TPSA) is 62.3 Å². The van der Waals surface area contributed by atoms with E-state index < -0.39 is 0 Å². The molecule has 6 nitrogen and oxygen atoms in total. The number of para-hydroxylation sites is 2. The maximum atomic E-state index is 5.75. The van der Waals surface area contributed by atoms with Crippen molar-refractivity contribution in [2.75, 3.05) is 42.3 Å². The summed E-state index contributed by atoms with van der Waals surface area (Å²) in [5, 5.41) is 6.49. The summed E-state index contributed by atoms with van der Waals surface area (Å²) in [7, 11) is 1.87. The number of aromatic nitrogens is 2. The van der Waals surface area contributed by atoms with E-state index in [9.17, 15) is 0 Å². The monoisotopic (exact) mass is 387 g/mol. The van der Waals surface area contributed by atoms with Gasteiger partial charge in [-0.25, -0.2) is 0 Å². The molecule has 2 heterocycles. The van der Waals surface area contributed by atoms with Crippen LogP contribution in [0.25, 0.3) is 5.57 Å². The largest absolute Gasteiger partial charge is 0.492 e. The first-order valence-electron chi connectivity index (χ1n) is 9.78. The normalized spacial score (nSPS) is 13.0. The average Bonchev–Trinajstić information content (AvgIpc) is 2.77. The van der Waals surface area contributed by atoms with E-state index >= 15 is 0 Å². The van der Waals surface area contributed by atoms with E-state index in [4.69, 9.17) is 9.72 Å². The highest BCUT2D eigenvalue weighted by atomic mass is 16.5. The zero-order chi connectivity index (χ0) is 20.1. The van der Waals surface area contributed by atoms with Gasteiger partial charge in [-0.15, -0.1) is 0 Å². The number of benzene rings is 2. The van der Waals surface area contributed by atoms with Crippen molar-refractivity contribution < 1.29 is 4.74 Å². The van der Waals surface area contributed by atoms with Crippen molar-refractivity contribution in [3.8, 4) is 5.75 Å². The third kappa shape index (κ3) is 4.16. The smallest absolute Gasteiger partial charge is 0.226 e. The summed E-state index contributed by atoms with van der Waals surface area (Å²) in [4.78, 5) is 11.7. The molecule has 0 aliphatic carbocycles. The third-order valence-corrected chi connectivity index (χ3v) is 4.84. The van der Waals surface area contributed by atoms with Crippen molar-refractivity contribution in [3.63, 3.8) is 0 Å². The van der Waals surface area contributed by atoms with Crippen LogP contribution < -0.4 is 20.3 Å². The average molecular weight is 387 g/mol. The lowest BCUT2D eigenvalue weighted by Gasteiger charge is -2.32. The van der Waals surface area contributed by atoms with Gasteiger partial charge in [-0.3, -0.25) is 0 Å². The van der Waals surface area contributed by atoms with Crippen molar-refractivity contribution in [2.45, 2.75) is 6.42 Å². The highest BCUT2D eigenvalue weighted by Gasteiger charge is 2.26. The van der Waals surface area contributed by atoms with Gasteiger partial charge in [-0.05, 0) is 36.3 Å². The Bertz CT molecular complexity index is 975. The molecule has 0 unspecified atom stereocenters. The lowest BCUT2D eigenvalue weighted by Crippen LogP contribution is -2.27. The Kier molecular flexibility index (Phi) is 5.61. The molecule has 1 aromatic heterocycles. The van der Waals surface area contributed by atoms with Gasteiger partial charge in [-0.1, -0.05) is 43.0 Å². The van der Waals surface area contributed by atoms with Crippen molar-refractivity contribution in [1.29, 1.82) is 0 Å². The van der Waals surface area contributed by atoms with Crippen LogP contribution in [0.1, 0.15) is 12.0 Å². The fourth-order valence-electron chi connectivity index (χ4n) is 3.42. The van der Waals surface area contributed by atoms with Crippen LogP contribution in [0.2, 0.25) is 0 Å². The van der Waals surface area contributed by atoms with Crippen LogP contribution >= 0.6 is 0 Å². The fourth-order valence-corrected chi connectivity index (χ4v) is 3.42. The van der Waals surface area contributed by atoms with E-state index in [-0.39, 0.29) is 0 Å². The van der Waals surface area contributed by atoms with E-state index in [1.807, 2.05) is 55.6 Å². The Morgan fingerprint density at radius 2 is 1.76 bits per heavy atom. The van der Waals surface area contributed by atoms with Crippen LogP contribution in [-0.4, -0.2) is 36.7 Å². The zero-order valence-electron chi connectivity index (χ0n) is 16.6. The zero-order valence-corrected chi connectivity index (χ0v) is 16.6. The number of nitrogens with one attached hydrogen (secondary N) is 2. The van der Waals surface area contributed by atoms with Crippen molar-refractivity contribution >= 4 is 28.8 Å². The molecule has 0 spiro atoms. The second-order valence-electron chi connectivity index (χ2n) is 6.77. The molecule has 4 rings (SSSR count). The summed E-state index contributed by atoms with van der Waals surface area (Å²) in [6.45, 7) is 6.21. The van der Waals surface area contributed by atoms with Gasteiger partial charge in [0.05, 0.1) is 12.1 Å². The quantitative estimate of drug-likeness (QED) is 0.579. The minimum atomic E-state index is 0.522. The van der Waals surface area contributed by atoms with E-state index in [1.54, 1.807) is 0 Å². The summed E-state index contributed by atoms with van der Waals surface area (Å²) >= 11 is 0. The number of nitrogens with zero attached hydrogens (tertiary/aromatic N) is 3. The van der Waals surface area contributed by atoms with Crippen LogP contribution in [0.15, 0.2) is 67.2 Å². The Morgan fingerprint density at radius 3 is 2.48 bits per heavy atom. The Labute approximate surface area is 171 Å². The Morgan fingerprint density at radius 1 is 1.03 bits per heavy atom. The third-order valence-electron chi connectivity index (χ3n) is 4.84. The van der Waals surface area contributed by atoms with E-state index in [1.165, 1.54) is 0 Å². The van der Waals surface area contributed by atoms with Crippen LogP contribution in [0.5, 0.6) is 5.75 Å². The minimum Gasteiger partial charge on any atom is -0.492 e. The highest BCUT2D eigenvalue weighted by molar-refractivity contribution is 5.87. The predicted molar refractivity (Wildman–Crippen MR) is 119 cm³/mol. The number of hydrogen-bond donors (Lipinski definition) is 2. The molecule has 2 N–H and O–H groups in total. The van der Waals surface area contributed by atoms with Crippen LogP contribution in [0, 0.1) is 0 Å².